The van der Waals surface area contributed by atoms with Crippen LogP contribution < -0.4 is 0 Å². The minimum atomic E-state index is 0.362. The molecule has 0 aromatic carbocycles. The zero-order valence-corrected chi connectivity index (χ0v) is 19.7. The van der Waals surface area contributed by atoms with Crippen LogP contribution in [0.25, 0.3) is 0 Å². The maximum atomic E-state index is 12.1. The third-order valence-electron chi connectivity index (χ3n) is 6.81. The van der Waals surface area contributed by atoms with E-state index in [1.54, 1.807) is 0 Å². The molecule has 0 radical (unpaired) electrons. The first-order valence-corrected chi connectivity index (χ1v) is 12.8. The largest absolute Gasteiger partial charge is 0.270 e. The van der Waals surface area contributed by atoms with Gasteiger partial charge in [0, 0.05) is 6.42 Å². The highest BCUT2D eigenvalue weighted by Gasteiger charge is 2.36. The van der Waals surface area contributed by atoms with Crippen LogP contribution in [0.2, 0.25) is 0 Å². The molecule has 0 aromatic rings. The Morgan fingerprint density at radius 1 is 0.714 bits per heavy atom. The fourth-order valence-electron chi connectivity index (χ4n) is 4.59. The lowest BCUT2D eigenvalue weighted by molar-refractivity contribution is -1.00. The summed E-state index contributed by atoms with van der Waals surface area (Å²) in [7, 11) is 2.24. The second-order valence-electron chi connectivity index (χ2n) is 9.30. The summed E-state index contributed by atoms with van der Waals surface area (Å²) >= 11 is 0. The predicted molar refractivity (Wildman–Crippen MR) is 122 cm³/mol. The normalized spacial score (nSPS) is 16.7. The van der Waals surface area contributed by atoms with Crippen LogP contribution in [0.3, 0.4) is 0 Å². The maximum Gasteiger partial charge on any atom is 0.267 e. The van der Waals surface area contributed by atoms with Gasteiger partial charge < -0.3 is 0 Å². The van der Waals surface area contributed by atoms with E-state index < -0.39 is 0 Å². The van der Waals surface area contributed by atoms with Gasteiger partial charge in [-0.2, -0.15) is 5.01 Å². The number of hydrogen-bond donors (Lipinski definition) is 0. The molecule has 3 heteroatoms. The van der Waals surface area contributed by atoms with Gasteiger partial charge in [-0.3, -0.25) is 4.79 Å². The molecule has 28 heavy (non-hydrogen) atoms. The molecule has 1 atom stereocenters. The van der Waals surface area contributed by atoms with Crippen LogP contribution in [0.5, 0.6) is 0 Å². The molecule has 166 valence electrons. The van der Waals surface area contributed by atoms with Crippen LogP contribution in [-0.4, -0.2) is 42.2 Å². The lowest BCUT2D eigenvalue weighted by Crippen LogP contribution is -2.58. The minimum Gasteiger partial charge on any atom is -0.270 e. The van der Waals surface area contributed by atoms with Gasteiger partial charge in [-0.05, 0) is 26.2 Å². The molecule has 1 aliphatic heterocycles. The Balaban J connectivity index is 1.87. The van der Waals surface area contributed by atoms with Gasteiger partial charge in [0.1, 0.15) is 6.54 Å². The summed E-state index contributed by atoms with van der Waals surface area (Å²) < 4.78 is 0.831. The molecule has 0 saturated carbocycles. The second kappa shape index (κ2) is 16.3. The van der Waals surface area contributed by atoms with Crippen molar-refractivity contribution in [3.63, 3.8) is 0 Å². The summed E-state index contributed by atoms with van der Waals surface area (Å²) in [6, 6.07) is 0. The molecule has 1 saturated heterocycles. The van der Waals surface area contributed by atoms with Crippen molar-refractivity contribution in [2.75, 3.05) is 26.7 Å². The number of hydrogen-bond acceptors (Lipinski definition) is 1. The Bertz CT molecular complexity index is 385. The smallest absolute Gasteiger partial charge is 0.267 e. The highest BCUT2D eigenvalue weighted by atomic mass is 16.2. The van der Waals surface area contributed by atoms with E-state index >= 15 is 0 Å². The first kappa shape index (κ1) is 25.5. The lowest BCUT2D eigenvalue weighted by Gasteiger charge is -2.40. The predicted octanol–water partition coefficient (Wildman–Crippen LogP) is 7.25. The summed E-state index contributed by atoms with van der Waals surface area (Å²) in [6.45, 7) is 7.63. The van der Waals surface area contributed by atoms with Crippen molar-refractivity contribution in [2.45, 2.75) is 129 Å². The Morgan fingerprint density at radius 3 is 1.50 bits per heavy atom. The fraction of sp³-hybridized carbons (Fsp3) is 0.960. The van der Waals surface area contributed by atoms with Crippen molar-refractivity contribution in [1.82, 2.24) is 5.01 Å². The number of amides is 1. The first-order chi connectivity index (χ1) is 13.6. The van der Waals surface area contributed by atoms with Crippen LogP contribution in [0, 0.1) is 0 Å². The van der Waals surface area contributed by atoms with Crippen molar-refractivity contribution in [3.8, 4) is 0 Å². The van der Waals surface area contributed by atoms with Gasteiger partial charge in [0.05, 0.1) is 20.1 Å². The third kappa shape index (κ3) is 10.8. The highest BCUT2D eigenvalue weighted by Crippen LogP contribution is 2.20. The molecule has 1 amide bonds. The average Bonchev–Trinajstić information content (AvgIpc) is 3.14. The molecule has 1 unspecified atom stereocenters. The molecule has 0 aromatic heterocycles. The quantitative estimate of drug-likeness (QED) is 0.166. The molecule has 0 N–H and O–H groups in total. The number of rotatable bonds is 19. The van der Waals surface area contributed by atoms with Gasteiger partial charge >= 0.3 is 0 Å². The average molecular weight is 396 g/mol. The van der Waals surface area contributed by atoms with Crippen LogP contribution in [0.15, 0.2) is 0 Å². The molecular formula is C25H51N2O+. The third-order valence-corrected chi connectivity index (χ3v) is 6.81. The van der Waals surface area contributed by atoms with Crippen molar-refractivity contribution in [3.05, 3.63) is 0 Å². The Morgan fingerprint density at radius 2 is 1.14 bits per heavy atom. The molecule has 0 bridgehead atoms. The molecule has 1 fully saturated rings. The Labute approximate surface area is 176 Å². The number of nitrogens with zero attached hydrogens (tertiary/aromatic N) is 2. The van der Waals surface area contributed by atoms with E-state index in [2.05, 4.69) is 25.9 Å². The first-order valence-electron chi connectivity index (χ1n) is 12.8. The SMILES string of the molecule is CCCCCCCCCCCCCCCCCC[N+](C)(CC)N1CCCC1=O. The topological polar surface area (TPSA) is 20.3 Å². The molecule has 1 aliphatic rings. The summed E-state index contributed by atoms with van der Waals surface area (Å²) in [5.74, 6) is 0.362. The van der Waals surface area contributed by atoms with Crippen molar-refractivity contribution < 1.29 is 9.39 Å². The summed E-state index contributed by atoms with van der Waals surface area (Å²) in [5.41, 5.74) is 0. The monoisotopic (exact) mass is 395 g/mol. The zero-order valence-electron chi connectivity index (χ0n) is 19.7. The van der Waals surface area contributed by atoms with E-state index in [0.29, 0.717) is 5.91 Å². The van der Waals surface area contributed by atoms with Crippen molar-refractivity contribution >= 4 is 5.91 Å². The fourth-order valence-corrected chi connectivity index (χ4v) is 4.59. The van der Waals surface area contributed by atoms with Crippen molar-refractivity contribution in [1.29, 1.82) is 0 Å². The van der Waals surface area contributed by atoms with Gasteiger partial charge in [-0.15, -0.1) is 0 Å². The van der Waals surface area contributed by atoms with Gasteiger partial charge in [-0.1, -0.05) is 96.8 Å². The van der Waals surface area contributed by atoms with E-state index in [-0.39, 0.29) is 0 Å². The summed E-state index contributed by atoms with van der Waals surface area (Å²) in [6.07, 6.45) is 24.4. The summed E-state index contributed by atoms with van der Waals surface area (Å²) in [4.78, 5) is 12.1. The number of carbonyl (C=O) groups excluding carboxylic acids is 1. The van der Waals surface area contributed by atoms with Crippen molar-refractivity contribution in [2.24, 2.45) is 0 Å². The Kier molecular flexibility index (Phi) is 14.8. The zero-order chi connectivity index (χ0) is 20.5. The molecule has 0 aliphatic carbocycles. The maximum absolute atomic E-state index is 12.1. The molecule has 1 rings (SSSR count). The lowest BCUT2D eigenvalue weighted by atomic mass is 10.0. The van der Waals surface area contributed by atoms with Gasteiger partial charge in [0.2, 0.25) is 0 Å². The number of carbonyl (C=O) groups is 1. The van der Waals surface area contributed by atoms with Gasteiger partial charge in [-0.25, -0.2) is 4.59 Å². The van der Waals surface area contributed by atoms with E-state index in [4.69, 9.17) is 0 Å². The summed E-state index contributed by atoms with van der Waals surface area (Å²) in [5, 5.41) is 2.12. The van der Waals surface area contributed by atoms with E-state index in [0.717, 1.165) is 37.1 Å². The van der Waals surface area contributed by atoms with Gasteiger partial charge in [0.25, 0.3) is 5.91 Å². The van der Waals surface area contributed by atoms with Crippen LogP contribution in [0.1, 0.15) is 129 Å². The van der Waals surface area contributed by atoms with E-state index in [1.807, 2.05) is 0 Å². The van der Waals surface area contributed by atoms with E-state index in [9.17, 15) is 4.79 Å². The highest BCUT2D eigenvalue weighted by molar-refractivity contribution is 5.76. The van der Waals surface area contributed by atoms with Crippen LogP contribution in [-0.2, 0) is 4.79 Å². The number of unbranched alkanes of at least 4 members (excludes halogenated alkanes) is 15. The van der Waals surface area contributed by atoms with E-state index in [1.165, 1.54) is 103 Å². The second-order valence-corrected chi connectivity index (χ2v) is 9.30. The minimum absolute atomic E-state index is 0.362. The van der Waals surface area contributed by atoms with Gasteiger partial charge in [0.15, 0.2) is 0 Å². The number of quaternary nitrogens is 1. The van der Waals surface area contributed by atoms with Crippen LogP contribution >= 0.6 is 0 Å². The molecule has 3 nitrogen and oxygen atoms in total. The van der Waals surface area contributed by atoms with Crippen LogP contribution in [0.4, 0.5) is 0 Å². The Hall–Kier alpha value is -0.570. The molecule has 0 spiro atoms. The standard InChI is InChI=1S/C25H51N2O/c1-4-6-7-8-9-10-11-12-13-14-15-16-17-18-19-20-24-27(3,5-2)26-23-21-22-25(26)28/h4-24H2,1-3H3/q+1. The molecule has 1 heterocycles. The molecular weight excluding hydrogens is 344 g/mol.